The van der Waals surface area contributed by atoms with E-state index in [0.29, 0.717) is 0 Å². The molecule has 0 saturated carbocycles. The topological polar surface area (TPSA) is 31.9 Å². The Balaban J connectivity index is 1.98. The lowest BCUT2D eigenvalue weighted by atomic mass is 10.1. The summed E-state index contributed by atoms with van der Waals surface area (Å²) in [6.45, 7) is 6.73. The molecule has 144 valence electrons. The highest BCUT2D eigenvalue weighted by Gasteiger charge is 2.11. The Kier molecular flexibility index (Phi) is 9.83. The molecule has 0 bridgehead atoms. The SMILES string of the molecule is CCCCCCCN(CCCCCC)c1ncc(-c2cccc(Br)c2)[nH]1. The molecule has 1 heterocycles. The number of hydrogen-bond donors (Lipinski definition) is 1. The number of rotatable bonds is 13. The molecule has 4 heteroatoms. The molecule has 0 aliphatic carbocycles. The Bertz CT molecular complexity index is 623. The van der Waals surface area contributed by atoms with Crippen molar-refractivity contribution in [3.8, 4) is 11.3 Å². The molecular formula is C22H34BrN3. The minimum atomic E-state index is 1.02. The number of nitrogens with one attached hydrogen (secondary N) is 1. The summed E-state index contributed by atoms with van der Waals surface area (Å²) in [4.78, 5) is 10.7. The lowest BCUT2D eigenvalue weighted by Gasteiger charge is -2.22. The largest absolute Gasteiger partial charge is 0.342 e. The molecule has 0 aliphatic heterocycles. The fraction of sp³-hybridized carbons (Fsp3) is 0.591. The van der Waals surface area contributed by atoms with Crippen LogP contribution in [-0.2, 0) is 0 Å². The van der Waals surface area contributed by atoms with Gasteiger partial charge in [0.1, 0.15) is 0 Å². The van der Waals surface area contributed by atoms with Gasteiger partial charge >= 0.3 is 0 Å². The summed E-state index contributed by atoms with van der Waals surface area (Å²) in [7, 11) is 0. The number of nitrogens with zero attached hydrogens (tertiary/aromatic N) is 2. The first-order valence-corrected chi connectivity index (χ1v) is 11.1. The van der Waals surface area contributed by atoms with Crippen molar-refractivity contribution in [2.75, 3.05) is 18.0 Å². The molecule has 0 amide bonds. The minimum Gasteiger partial charge on any atom is -0.342 e. The quantitative estimate of drug-likeness (QED) is 0.348. The van der Waals surface area contributed by atoms with Crippen LogP contribution in [0.25, 0.3) is 11.3 Å². The number of hydrogen-bond acceptors (Lipinski definition) is 2. The Hall–Kier alpha value is -1.29. The van der Waals surface area contributed by atoms with E-state index in [9.17, 15) is 0 Å². The lowest BCUT2D eigenvalue weighted by molar-refractivity contribution is 0.592. The van der Waals surface area contributed by atoms with Gasteiger partial charge in [0.05, 0.1) is 11.9 Å². The van der Waals surface area contributed by atoms with Crippen LogP contribution in [0.3, 0.4) is 0 Å². The van der Waals surface area contributed by atoms with E-state index < -0.39 is 0 Å². The van der Waals surface area contributed by atoms with Crippen LogP contribution in [0.5, 0.6) is 0 Å². The van der Waals surface area contributed by atoms with Crippen molar-refractivity contribution < 1.29 is 0 Å². The summed E-state index contributed by atoms with van der Waals surface area (Å²) >= 11 is 3.55. The number of halogens is 1. The van der Waals surface area contributed by atoms with Crippen molar-refractivity contribution in [2.24, 2.45) is 0 Å². The molecule has 0 aliphatic rings. The van der Waals surface area contributed by atoms with E-state index in [4.69, 9.17) is 4.98 Å². The second-order valence-corrected chi connectivity index (χ2v) is 8.01. The van der Waals surface area contributed by atoms with Crippen LogP contribution in [0.4, 0.5) is 5.95 Å². The van der Waals surface area contributed by atoms with Crippen LogP contribution < -0.4 is 4.90 Å². The van der Waals surface area contributed by atoms with Crippen molar-refractivity contribution in [3.05, 3.63) is 34.9 Å². The predicted octanol–water partition coefficient (Wildman–Crippen LogP) is 7.20. The van der Waals surface area contributed by atoms with Gasteiger partial charge in [-0.15, -0.1) is 0 Å². The van der Waals surface area contributed by atoms with Crippen LogP contribution >= 0.6 is 15.9 Å². The Morgan fingerprint density at radius 3 is 2.23 bits per heavy atom. The predicted molar refractivity (Wildman–Crippen MR) is 117 cm³/mol. The van der Waals surface area contributed by atoms with Crippen molar-refractivity contribution >= 4 is 21.9 Å². The number of aromatic amines is 1. The highest BCUT2D eigenvalue weighted by Crippen LogP contribution is 2.24. The van der Waals surface area contributed by atoms with Gasteiger partial charge in [-0.3, -0.25) is 0 Å². The third-order valence-corrected chi connectivity index (χ3v) is 5.30. The molecule has 2 rings (SSSR count). The molecule has 0 saturated heterocycles. The minimum absolute atomic E-state index is 1.02. The van der Waals surface area contributed by atoms with Crippen molar-refractivity contribution in [1.29, 1.82) is 0 Å². The zero-order valence-electron chi connectivity index (χ0n) is 16.4. The van der Waals surface area contributed by atoms with E-state index in [2.05, 4.69) is 63.9 Å². The number of aromatic nitrogens is 2. The van der Waals surface area contributed by atoms with Crippen molar-refractivity contribution in [2.45, 2.75) is 71.6 Å². The van der Waals surface area contributed by atoms with E-state index in [0.717, 1.165) is 29.2 Å². The fourth-order valence-corrected chi connectivity index (χ4v) is 3.63. The van der Waals surface area contributed by atoms with Crippen LogP contribution in [0.2, 0.25) is 0 Å². The second kappa shape index (κ2) is 12.2. The second-order valence-electron chi connectivity index (χ2n) is 7.09. The first-order valence-electron chi connectivity index (χ1n) is 10.3. The van der Waals surface area contributed by atoms with Gasteiger partial charge < -0.3 is 9.88 Å². The Morgan fingerprint density at radius 2 is 1.58 bits per heavy atom. The summed E-state index contributed by atoms with van der Waals surface area (Å²) in [6.07, 6.45) is 13.7. The van der Waals surface area contributed by atoms with E-state index in [-0.39, 0.29) is 0 Å². The number of H-pyrrole nitrogens is 1. The highest BCUT2D eigenvalue weighted by atomic mass is 79.9. The van der Waals surface area contributed by atoms with Gasteiger partial charge in [0.25, 0.3) is 0 Å². The number of anilines is 1. The summed E-state index contributed by atoms with van der Waals surface area (Å²) in [5.74, 6) is 1.02. The molecule has 0 unspecified atom stereocenters. The zero-order valence-corrected chi connectivity index (χ0v) is 18.0. The van der Waals surface area contributed by atoms with Gasteiger partial charge in [-0.2, -0.15) is 0 Å². The van der Waals surface area contributed by atoms with Gasteiger partial charge in [0.2, 0.25) is 5.95 Å². The zero-order chi connectivity index (χ0) is 18.6. The lowest BCUT2D eigenvalue weighted by Crippen LogP contribution is -2.26. The molecule has 3 nitrogen and oxygen atoms in total. The molecule has 0 atom stereocenters. The number of benzene rings is 1. The maximum Gasteiger partial charge on any atom is 0.203 e. The first-order chi connectivity index (χ1) is 12.7. The van der Waals surface area contributed by atoms with E-state index in [1.165, 1.54) is 63.4 Å². The van der Waals surface area contributed by atoms with Crippen LogP contribution in [-0.4, -0.2) is 23.1 Å². The monoisotopic (exact) mass is 419 g/mol. The van der Waals surface area contributed by atoms with E-state index >= 15 is 0 Å². The molecule has 1 aromatic carbocycles. The maximum atomic E-state index is 4.69. The molecular weight excluding hydrogens is 386 g/mol. The number of imidazole rings is 1. The highest BCUT2D eigenvalue weighted by molar-refractivity contribution is 9.10. The van der Waals surface area contributed by atoms with Gasteiger partial charge in [-0.05, 0) is 25.0 Å². The Labute approximate surface area is 167 Å². The summed E-state index contributed by atoms with van der Waals surface area (Å²) in [5, 5.41) is 0. The third-order valence-electron chi connectivity index (χ3n) is 4.81. The van der Waals surface area contributed by atoms with Crippen molar-refractivity contribution in [3.63, 3.8) is 0 Å². The van der Waals surface area contributed by atoms with Gasteiger partial charge in [0, 0.05) is 23.1 Å². The summed E-state index contributed by atoms with van der Waals surface area (Å²) in [5.41, 5.74) is 2.26. The average Bonchev–Trinajstić information content (AvgIpc) is 3.13. The van der Waals surface area contributed by atoms with Crippen LogP contribution in [0.15, 0.2) is 34.9 Å². The fourth-order valence-electron chi connectivity index (χ4n) is 3.23. The molecule has 0 fully saturated rings. The maximum absolute atomic E-state index is 4.69. The first kappa shape index (κ1) is 21.0. The standard InChI is InChI=1S/C22H34BrN3/c1-3-5-7-9-11-16-26(15-10-8-6-4-2)22-24-18-21(25-22)19-13-12-14-20(23)17-19/h12-14,17-18H,3-11,15-16H2,1-2H3,(H,24,25). The van der Waals surface area contributed by atoms with Gasteiger partial charge in [-0.1, -0.05) is 86.9 Å². The number of unbranched alkanes of at least 4 members (excludes halogenated alkanes) is 7. The van der Waals surface area contributed by atoms with Gasteiger partial charge in [-0.25, -0.2) is 4.98 Å². The van der Waals surface area contributed by atoms with Crippen LogP contribution in [0, 0.1) is 0 Å². The summed E-state index contributed by atoms with van der Waals surface area (Å²) in [6, 6.07) is 8.37. The van der Waals surface area contributed by atoms with E-state index in [1.807, 2.05) is 6.20 Å². The van der Waals surface area contributed by atoms with Crippen molar-refractivity contribution in [1.82, 2.24) is 9.97 Å². The van der Waals surface area contributed by atoms with Crippen LogP contribution in [0.1, 0.15) is 71.6 Å². The third kappa shape index (κ3) is 7.14. The molecule has 1 aromatic heterocycles. The summed E-state index contributed by atoms with van der Waals surface area (Å²) < 4.78 is 1.10. The van der Waals surface area contributed by atoms with E-state index in [1.54, 1.807) is 0 Å². The molecule has 1 N–H and O–H groups in total. The smallest absolute Gasteiger partial charge is 0.203 e. The molecule has 26 heavy (non-hydrogen) atoms. The average molecular weight is 420 g/mol. The molecule has 2 aromatic rings. The molecule has 0 spiro atoms. The Morgan fingerprint density at radius 1 is 0.923 bits per heavy atom. The molecule has 0 radical (unpaired) electrons. The normalized spacial score (nSPS) is 11.0. The van der Waals surface area contributed by atoms with Gasteiger partial charge in [0.15, 0.2) is 0 Å².